The number of nitrogens with two attached hydrogens (primary N) is 1. The lowest BCUT2D eigenvalue weighted by Gasteiger charge is -2.31. The first-order valence-electron chi connectivity index (χ1n) is 6.65. The van der Waals surface area contributed by atoms with Gasteiger partial charge in [-0.3, -0.25) is 5.41 Å². The standard InChI is InChI=1S/C14H20ClN3O/c15-12-9-10(14(16)17)5-6-13(12)18(7-8-19)11-3-1-2-4-11/h5-6,9,11,19H,1-4,7-8H2,(H3,16,17). The van der Waals surface area contributed by atoms with Crippen LogP contribution in [0.15, 0.2) is 18.2 Å². The average molecular weight is 282 g/mol. The van der Waals surface area contributed by atoms with E-state index >= 15 is 0 Å². The van der Waals surface area contributed by atoms with Crippen LogP contribution in [0.4, 0.5) is 5.69 Å². The molecule has 0 heterocycles. The number of halogens is 1. The molecule has 104 valence electrons. The van der Waals surface area contributed by atoms with E-state index in [1.165, 1.54) is 12.8 Å². The summed E-state index contributed by atoms with van der Waals surface area (Å²) in [6, 6.07) is 5.88. The zero-order valence-electron chi connectivity index (χ0n) is 10.9. The minimum Gasteiger partial charge on any atom is -0.395 e. The Balaban J connectivity index is 2.28. The van der Waals surface area contributed by atoms with Crippen molar-refractivity contribution < 1.29 is 5.11 Å². The molecule has 0 aliphatic heterocycles. The fourth-order valence-electron chi connectivity index (χ4n) is 2.73. The second-order valence-corrected chi connectivity index (χ2v) is 5.34. The average Bonchev–Trinajstić information content (AvgIpc) is 2.90. The van der Waals surface area contributed by atoms with Crippen molar-refractivity contribution in [3.8, 4) is 0 Å². The first-order valence-corrected chi connectivity index (χ1v) is 7.02. The normalized spacial score (nSPS) is 15.7. The molecule has 1 aromatic rings. The summed E-state index contributed by atoms with van der Waals surface area (Å²) < 4.78 is 0. The lowest BCUT2D eigenvalue weighted by atomic mass is 10.1. The molecule has 0 unspecified atom stereocenters. The van der Waals surface area contributed by atoms with E-state index in [1.807, 2.05) is 12.1 Å². The minimum absolute atomic E-state index is 0.0167. The first-order chi connectivity index (χ1) is 9.13. The fraction of sp³-hybridized carbons (Fsp3) is 0.500. The van der Waals surface area contributed by atoms with Crippen molar-refractivity contribution in [2.45, 2.75) is 31.7 Å². The highest BCUT2D eigenvalue weighted by Crippen LogP contribution is 2.33. The van der Waals surface area contributed by atoms with Crippen LogP contribution in [0.2, 0.25) is 5.02 Å². The summed E-state index contributed by atoms with van der Waals surface area (Å²) >= 11 is 6.31. The van der Waals surface area contributed by atoms with Gasteiger partial charge in [0.25, 0.3) is 0 Å². The van der Waals surface area contributed by atoms with Crippen molar-refractivity contribution in [1.82, 2.24) is 0 Å². The number of hydrogen-bond donors (Lipinski definition) is 3. The van der Waals surface area contributed by atoms with Crippen LogP contribution in [-0.2, 0) is 0 Å². The van der Waals surface area contributed by atoms with E-state index in [-0.39, 0.29) is 12.4 Å². The molecule has 1 aliphatic rings. The van der Waals surface area contributed by atoms with Gasteiger partial charge >= 0.3 is 0 Å². The number of benzene rings is 1. The van der Waals surface area contributed by atoms with Crippen LogP contribution in [0.5, 0.6) is 0 Å². The van der Waals surface area contributed by atoms with Gasteiger partial charge in [0.2, 0.25) is 0 Å². The Labute approximate surface area is 118 Å². The monoisotopic (exact) mass is 281 g/mol. The first kappa shape index (κ1) is 14.2. The molecule has 0 radical (unpaired) electrons. The van der Waals surface area contributed by atoms with Crippen LogP contribution in [0.3, 0.4) is 0 Å². The number of anilines is 1. The Bertz CT molecular complexity index is 458. The Morgan fingerprint density at radius 1 is 1.42 bits per heavy atom. The van der Waals surface area contributed by atoms with Gasteiger partial charge in [0.15, 0.2) is 0 Å². The third-order valence-electron chi connectivity index (χ3n) is 3.67. The van der Waals surface area contributed by atoms with E-state index in [0.717, 1.165) is 18.5 Å². The molecule has 1 fully saturated rings. The number of aliphatic hydroxyl groups is 1. The van der Waals surface area contributed by atoms with E-state index in [1.54, 1.807) is 6.07 Å². The Kier molecular flexibility index (Phi) is 4.66. The lowest BCUT2D eigenvalue weighted by molar-refractivity contribution is 0.297. The third kappa shape index (κ3) is 3.19. The fourth-order valence-corrected chi connectivity index (χ4v) is 3.02. The molecule has 5 heteroatoms. The Morgan fingerprint density at radius 3 is 2.63 bits per heavy atom. The summed E-state index contributed by atoms with van der Waals surface area (Å²) in [6.45, 7) is 0.699. The van der Waals surface area contributed by atoms with Crippen molar-refractivity contribution in [1.29, 1.82) is 5.41 Å². The van der Waals surface area contributed by atoms with Crippen LogP contribution in [0.1, 0.15) is 31.2 Å². The van der Waals surface area contributed by atoms with Gasteiger partial charge in [-0.15, -0.1) is 0 Å². The summed E-state index contributed by atoms with van der Waals surface area (Å²) in [7, 11) is 0. The number of rotatable bonds is 5. The van der Waals surface area contributed by atoms with Crippen LogP contribution in [0.25, 0.3) is 0 Å². The van der Waals surface area contributed by atoms with Crippen LogP contribution in [0, 0.1) is 5.41 Å². The molecule has 4 nitrogen and oxygen atoms in total. The zero-order valence-corrected chi connectivity index (χ0v) is 11.7. The van der Waals surface area contributed by atoms with E-state index in [0.29, 0.717) is 23.2 Å². The number of amidine groups is 1. The summed E-state index contributed by atoms with van der Waals surface area (Å²) in [5.41, 5.74) is 7.01. The molecule has 0 atom stereocenters. The highest BCUT2D eigenvalue weighted by Gasteiger charge is 2.24. The van der Waals surface area contributed by atoms with Crippen LogP contribution >= 0.6 is 11.6 Å². The predicted octanol–water partition coefficient (Wildman–Crippen LogP) is 2.37. The van der Waals surface area contributed by atoms with Gasteiger partial charge in [-0.1, -0.05) is 24.4 Å². The van der Waals surface area contributed by atoms with E-state index in [2.05, 4.69) is 4.90 Å². The third-order valence-corrected chi connectivity index (χ3v) is 3.98. The maximum Gasteiger partial charge on any atom is 0.122 e. The summed E-state index contributed by atoms with van der Waals surface area (Å²) in [4.78, 5) is 2.18. The van der Waals surface area contributed by atoms with E-state index in [4.69, 9.17) is 22.7 Å². The maximum absolute atomic E-state index is 9.25. The number of nitrogens with zero attached hydrogens (tertiary/aromatic N) is 1. The van der Waals surface area contributed by atoms with Gasteiger partial charge in [0, 0.05) is 18.2 Å². The number of aliphatic hydroxyl groups excluding tert-OH is 1. The molecule has 19 heavy (non-hydrogen) atoms. The largest absolute Gasteiger partial charge is 0.395 e. The number of nitrogens with one attached hydrogen (secondary N) is 1. The summed E-state index contributed by atoms with van der Waals surface area (Å²) in [5, 5.41) is 17.3. The van der Waals surface area contributed by atoms with Gasteiger partial charge < -0.3 is 15.7 Å². The van der Waals surface area contributed by atoms with Gasteiger partial charge in [-0.25, -0.2) is 0 Å². The highest BCUT2D eigenvalue weighted by atomic mass is 35.5. The second kappa shape index (κ2) is 6.26. The molecule has 4 N–H and O–H groups in total. The second-order valence-electron chi connectivity index (χ2n) is 4.94. The molecule has 0 amide bonds. The van der Waals surface area contributed by atoms with Crippen molar-refractivity contribution in [2.24, 2.45) is 5.73 Å². The van der Waals surface area contributed by atoms with Gasteiger partial charge in [-0.05, 0) is 31.0 Å². The molecule has 0 bridgehead atoms. The molecule has 0 spiro atoms. The zero-order chi connectivity index (χ0) is 13.8. The van der Waals surface area contributed by atoms with Crippen molar-refractivity contribution in [3.63, 3.8) is 0 Å². The smallest absolute Gasteiger partial charge is 0.122 e. The molecule has 0 aromatic heterocycles. The summed E-state index contributed by atoms with van der Waals surface area (Å²) in [6.07, 6.45) is 4.75. The van der Waals surface area contributed by atoms with Crippen molar-refractivity contribution >= 4 is 23.1 Å². The Hall–Kier alpha value is -1.26. The highest BCUT2D eigenvalue weighted by molar-refractivity contribution is 6.33. The van der Waals surface area contributed by atoms with Crippen molar-refractivity contribution in [2.75, 3.05) is 18.1 Å². The molecule has 0 saturated heterocycles. The maximum atomic E-state index is 9.25. The van der Waals surface area contributed by atoms with E-state index in [9.17, 15) is 5.11 Å². The quantitative estimate of drug-likeness (QED) is 0.573. The molecule has 1 aromatic carbocycles. The van der Waals surface area contributed by atoms with Crippen LogP contribution < -0.4 is 10.6 Å². The van der Waals surface area contributed by atoms with Gasteiger partial charge in [-0.2, -0.15) is 0 Å². The molecule has 1 saturated carbocycles. The Morgan fingerprint density at radius 2 is 2.11 bits per heavy atom. The predicted molar refractivity (Wildman–Crippen MR) is 79.2 cm³/mol. The van der Waals surface area contributed by atoms with Gasteiger partial charge in [0.1, 0.15) is 5.84 Å². The molecule has 2 rings (SSSR count). The van der Waals surface area contributed by atoms with Gasteiger partial charge in [0.05, 0.1) is 17.3 Å². The van der Waals surface area contributed by atoms with E-state index < -0.39 is 0 Å². The van der Waals surface area contributed by atoms with Crippen molar-refractivity contribution in [3.05, 3.63) is 28.8 Å². The molecule has 1 aliphatic carbocycles. The number of nitrogen functional groups attached to an aromatic ring is 1. The lowest BCUT2D eigenvalue weighted by Crippen LogP contribution is -2.36. The number of hydrogen-bond acceptors (Lipinski definition) is 3. The van der Waals surface area contributed by atoms with Crippen LogP contribution in [-0.4, -0.2) is 30.1 Å². The topological polar surface area (TPSA) is 73.3 Å². The summed E-state index contributed by atoms with van der Waals surface area (Å²) in [5.74, 6) is 0.0167. The molecular formula is C14H20ClN3O. The SMILES string of the molecule is N=C(N)c1ccc(N(CCO)C2CCCC2)c(Cl)c1. The molecular weight excluding hydrogens is 262 g/mol. The minimum atomic E-state index is 0.0167.